The summed E-state index contributed by atoms with van der Waals surface area (Å²) < 4.78 is 0. The highest BCUT2D eigenvalue weighted by Crippen LogP contribution is 2.25. The maximum Gasteiger partial charge on any atom is 0.170 e. The summed E-state index contributed by atoms with van der Waals surface area (Å²) in [5.41, 5.74) is 7.58. The number of carbonyl (C=O) groups is 1. The first kappa shape index (κ1) is 18.4. The van der Waals surface area contributed by atoms with Crippen molar-refractivity contribution in [1.29, 1.82) is 10.8 Å². The molecule has 0 aliphatic carbocycles. The van der Waals surface area contributed by atoms with Crippen LogP contribution in [0.3, 0.4) is 0 Å². The monoisotopic (exact) mass is 336 g/mol. The highest BCUT2D eigenvalue weighted by Gasteiger charge is 2.10. The molecule has 5 heteroatoms. The molecule has 0 radical (unpaired) electrons. The predicted molar refractivity (Wildman–Crippen MR) is 104 cm³/mol. The highest BCUT2D eigenvalue weighted by atomic mass is 16.1. The first-order valence-corrected chi connectivity index (χ1v) is 8.25. The van der Waals surface area contributed by atoms with Crippen molar-refractivity contribution in [3.05, 3.63) is 53.7 Å². The van der Waals surface area contributed by atoms with Crippen molar-refractivity contribution in [1.82, 2.24) is 5.32 Å². The number of hydrogen-bond donors (Lipinski definition) is 4. The summed E-state index contributed by atoms with van der Waals surface area (Å²) in [7, 11) is 0. The molecule has 2 aromatic rings. The number of nitrogens with one attached hydrogen (secondary N) is 3. The van der Waals surface area contributed by atoms with Crippen LogP contribution < -0.4 is 11.1 Å². The Labute approximate surface area is 147 Å². The quantitative estimate of drug-likeness (QED) is 0.336. The number of nitrogens with two attached hydrogens (primary N) is 1. The molecule has 0 fully saturated rings. The van der Waals surface area contributed by atoms with Gasteiger partial charge in [-0.15, -0.1) is 0 Å². The molecule has 0 spiro atoms. The van der Waals surface area contributed by atoms with Crippen molar-refractivity contribution in [2.45, 2.75) is 20.3 Å². The van der Waals surface area contributed by atoms with E-state index >= 15 is 0 Å². The number of fused-ring (bicyclic) bond motifs is 1. The van der Waals surface area contributed by atoms with Gasteiger partial charge in [-0.25, -0.2) is 0 Å². The molecule has 2 rings (SSSR count). The van der Waals surface area contributed by atoms with Gasteiger partial charge in [-0.1, -0.05) is 44.2 Å². The van der Waals surface area contributed by atoms with Crippen molar-refractivity contribution in [3.63, 3.8) is 0 Å². The molecular weight excluding hydrogens is 312 g/mol. The molecule has 0 atom stereocenters. The van der Waals surface area contributed by atoms with Crippen molar-refractivity contribution in [3.8, 4) is 0 Å². The summed E-state index contributed by atoms with van der Waals surface area (Å²) in [5.74, 6) is 0.218. The molecule has 0 saturated carbocycles. The summed E-state index contributed by atoms with van der Waals surface area (Å²) in [6.07, 6.45) is 3.11. The van der Waals surface area contributed by atoms with Crippen molar-refractivity contribution >= 4 is 34.2 Å². The third kappa shape index (κ3) is 4.76. The van der Waals surface area contributed by atoms with Gasteiger partial charge >= 0.3 is 0 Å². The van der Waals surface area contributed by atoms with Crippen LogP contribution in [0.5, 0.6) is 0 Å². The van der Waals surface area contributed by atoms with Crippen LogP contribution in [0, 0.1) is 16.7 Å². The second kappa shape index (κ2) is 8.24. The van der Waals surface area contributed by atoms with E-state index < -0.39 is 0 Å². The van der Waals surface area contributed by atoms with E-state index in [1.54, 1.807) is 6.07 Å². The lowest BCUT2D eigenvalue weighted by molar-refractivity contribution is 0.100. The number of amidine groups is 1. The molecule has 2 aromatic carbocycles. The third-order valence-electron chi connectivity index (χ3n) is 3.80. The molecule has 25 heavy (non-hydrogen) atoms. The summed E-state index contributed by atoms with van der Waals surface area (Å²) in [4.78, 5) is 12.1. The molecule has 5 nitrogen and oxygen atoms in total. The van der Waals surface area contributed by atoms with E-state index in [0.717, 1.165) is 28.5 Å². The summed E-state index contributed by atoms with van der Waals surface area (Å²) in [6.45, 7) is 5.09. The minimum atomic E-state index is -0.166. The normalized spacial score (nSPS) is 11.6. The topological polar surface area (TPSA) is 103 Å². The van der Waals surface area contributed by atoms with Crippen molar-refractivity contribution in [2.24, 2.45) is 11.7 Å². The van der Waals surface area contributed by atoms with E-state index in [-0.39, 0.29) is 18.0 Å². The van der Waals surface area contributed by atoms with E-state index in [0.29, 0.717) is 11.5 Å². The number of hydrogen-bond acceptors (Lipinski definition) is 4. The van der Waals surface area contributed by atoms with Gasteiger partial charge in [-0.2, -0.15) is 0 Å². The Kier molecular flexibility index (Phi) is 6.06. The van der Waals surface area contributed by atoms with Crippen LogP contribution in [0.2, 0.25) is 0 Å². The number of Topliss-reactive ketones (excluding diaryl/α,β-unsaturated/α-hetero) is 1. The van der Waals surface area contributed by atoms with E-state index in [1.165, 1.54) is 6.21 Å². The second-order valence-corrected chi connectivity index (χ2v) is 6.41. The molecule has 0 heterocycles. The molecule has 130 valence electrons. The van der Waals surface area contributed by atoms with E-state index in [4.69, 9.17) is 16.6 Å². The van der Waals surface area contributed by atoms with Crippen LogP contribution in [0.15, 0.2) is 42.6 Å². The average molecular weight is 336 g/mol. The smallest absolute Gasteiger partial charge is 0.170 e. The van der Waals surface area contributed by atoms with Crippen molar-refractivity contribution < 1.29 is 4.79 Å². The lowest BCUT2D eigenvalue weighted by Crippen LogP contribution is -2.15. The predicted octanol–water partition coefficient (Wildman–Crippen LogP) is 3.58. The second-order valence-electron chi connectivity index (χ2n) is 6.41. The zero-order valence-corrected chi connectivity index (χ0v) is 14.6. The fraction of sp³-hybridized carbons (Fsp3) is 0.250. The van der Waals surface area contributed by atoms with Gasteiger partial charge in [-0.3, -0.25) is 10.2 Å². The van der Waals surface area contributed by atoms with Crippen LogP contribution in [-0.2, 0) is 0 Å². The zero-order valence-electron chi connectivity index (χ0n) is 14.6. The van der Waals surface area contributed by atoms with Crippen LogP contribution in [-0.4, -0.2) is 24.4 Å². The Morgan fingerprint density at radius 1 is 1.28 bits per heavy atom. The molecule has 0 aromatic heterocycles. The minimum absolute atomic E-state index is 0.0734. The number of allylic oxidation sites excluding steroid dienone is 1. The fourth-order valence-electron chi connectivity index (χ4n) is 2.59. The fourth-order valence-corrected chi connectivity index (χ4v) is 2.59. The van der Waals surface area contributed by atoms with Crippen LogP contribution in [0.1, 0.15) is 36.2 Å². The first-order valence-electron chi connectivity index (χ1n) is 8.25. The highest BCUT2D eigenvalue weighted by molar-refractivity contribution is 6.15. The van der Waals surface area contributed by atoms with E-state index in [2.05, 4.69) is 19.2 Å². The molecule has 0 bridgehead atoms. The molecule has 0 amide bonds. The largest absolute Gasteiger partial charge is 0.390 e. The number of ketones is 1. The standard InChI is InChI=1S/C20H24N4O/c1-13(2)11-24-12-16(10-21)17-5-3-4-14-8-15(6-7-18(14)17)19(25)9-20(22)23/h3-8,10,12-13,21,24H,9,11H2,1-2H3,(H3,22,23)/b16-12+,21-10?. The van der Waals surface area contributed by atoms with Crippen LogP contribution >= 0.6 is 0 Å². The maximum atomic E-state index is 12.1. The van der Waals surface area contributed by atoms with E-state index in [9.17, 15) is 4.79 Å². The zero-order chi connectivity index (χ0) is 18.4. The molecule has 0 aliphatic heterocycles. The van der Waals surface area contributed by atoms with Gasteiger partial charge in [0.15, 0.2) is 5.78 Å². The third-order valence-corrected chi connectivity index (χ3v) is 3.80. The Hall–Kier alpha value is -2.95. The van der Waals surface area contributed by atoms with Crippen molar-refractivity contribution in [2.75, 3.05) is 6.54 Å². The molecule has 0 aliphatic rings. The Balaban J connectivity index is 2.40. The summed E-state index contributed by atoms with van der Waals surface area (Å²) in [5, 5.41) is 20.1. The van der Waals surface area contributed by atoms with Crippen LogP contribution in [0.4, 0.5) is 0 Å². The minimum Gasteiger partial charge on any atom is -0.390 e. The summed E-state index contributed by atoms with van der Waals surface area (Å²) >= 11 is 0. The van der Waals surface area contributed by atoms with Gasteiger partial charge < -0.3 is 16.5 Å². The van der Waals surface area contributed by atoms with Crippen LogP contribution in [0.25, 0.3) is 16.3 Å². The number of rotatable bonds is 8. The van der Waals surface area contributed by atoms with Gasteiger partial charge in [0, 0.05) is 30.1 Å². The maximum absolute atomic E-state index is 12.1. The van der Waals surface area contributed by atoms with Gasteiger partial charge in [0.25, 0.3) is 0 Å². The Morgan fingerprint density at radius 2 is 2.04 bits per heavy atom. The number of benzene rings is 2. The first-order chi connectivity index (χ1) is 11.9. The van der Waals surface area contributed by atoms with Gasteiger partial charge in [0.2, 0.25) is 0 Å². The van der Waals surface area contributed by atoms with Gasteiger partial charge in [0.05, 0.1) is 12.3 Å². The van der Waals surface area contributed by atoms with Gasteiger partial charge in [0.1, 0.15) is 0 Å². The van der Waals surface area contributed by atoms with E-state index in [1.807, 2.05) is 36.5 Å². The average Bonchev–Trinajstić information content (AvgIpc) is 2.57. The molecular formula is C20H24N4O. The summed E-state index contributed by atoms with van der Waals surface area (Å²) in [6, 6.07) is 11.3. The Bertz CT molecular complexity index is 837. The lowest BCUT2D eigenvalue weighted by Gasteiger charge is -2.10. The lowest BCUT2D eigenvalue weighted by atomic mass is 9.96. The number of carbonyl (C=O) groups excluding carboxylic acids is 1. The van der Waals surface area contributed by atoms with Gasteiger partial charge in [-0.05, 0) is 28.3 Å². The Morgan fingerprint density at radius 3 is 2.68 bits per heavy atom. The molecule has 0 unspecified atom stereocenters. The molecule has 5 N–H and O–H groups in total. The molecule has 0 saturated heterocycles. The SMILES string of the molecule is CC(C)CN/C=C(\C=N)c1cccc2cc(C(=O)CC(=N)N)ccc12.